The molecule has 0 aliphatic carbocycles. The summed E-state index contributed by atoms with van der Waals surface area (Å²) in [5, 5.41) is 2.62. The molecule has 1 aromatic rings. The molecule has 2 rings (SSSR count). The Morgan fingerprint density at radius 3 is 2.76 bits per heavy atom. The van der Waals surface area contributed by atoms with Crippen LogP contribution in [0, 0.1) is 0 Å². The lowest BCUT2D eigenvalue weighted by atomic mass is 10.2. The molecule has 0 saturated heterocycles. The molecule has 0 bridgehead atoms. The van der Waals surface area contributed by atoms with Crippen LogP contribution in [0.2, 0.25) is 0 Å². The first-order chi connectivity index (χ1) is 7.94. The second-order valence-corrected chi connectivity index (χ2v) is 6.09. The quantitative estimate of drug-likeness (QED) is 0.861. The van der Waals surface area contributed by atoms with E-state index in [9.17, 15) is 13.2 Å². The van der Waals surface area contributed by atoms with Crippen LogP contribution in [0.1, 0.15) is 13.8 Å². The number of nitrogens with one attached hydrogen (secondary N) is 1. The molecule has 1 unspecified atom stereocenters. The molecule has 1 N–H and O–H groups in total. The molecule has 1 atom stereocenters. The van der Waals surface area contributed by atoms with E-state index < -0.39 is 15.9 Å². The average molecular weight is 255 g/mol. The maximum atomic E-state index is 11.7. The van der Waals surface area contributed by atoms with Crippen LogP contribution in [0.15, 0.2) is 23.1 Å². The molecular weight excluding hydrogens is 242 g/mol. The second kappa shape index (κ2) is 4.03. The van der Waals surface area contributed by atoms with Crippen LogP contribution in [0.5, 0.6) is 5.75 Å². The zero-order valence-corrected chi connectivity index (χ0v) is 10.4. The van der Waals surface area contributed by atoms with Crippen molar-refractivity contribution < 1.29 is 17.9 Å². The molecule has 17 heavy (non-hydrogen) atoms. The lowest BCUT2D eigenvalue weighted by Gasteiger charge is -2.23. The minimum Gasteiger partial charge on any atom is -0.479 e. The van der Waals surface area contributed by atoms with Crippen molar-refractivity contribution in [2.24, 2.45) is 0 Å². The third kappa shape index (κ3) is 2.12. The third-order valence-electron chi connectivity index (χ3n) is 2.62. The number of carbonyl (C=O) groups excluding carboxylic acids is 1. The monoisotopic (exact) mass is 255 g/mol. The molecule has 1 amide bonds. The average Bonchev–Trinajstić information content (AvgIpc) is 2.30. The lowest BCUT2D eigenvalue weighted by Crippen LogP contribution is -2.34. The Balaban J connectivity index is 2.46. The Kier molecular flexibility index (Phi) is 2.82. The SMILES string of the molecule is CCS(=O)(=O)c1ccc2c(c1)NC(=O)C(C)O2. The summed E-state index contributed by atoms with van der Waals surface area (Å²) < 4.78 is 28.7. The molecule has 0 spiro atoms. The van der Waals surface area contributed by atoms with Crippen LogP contribution in [0.3, 0.4) is 0 Å². The van der Waals surface area contributed by atoms with E-state index in [-0.39, 0.29) is 16.6 Å². The summed E-state index contributed by atoms with van der Waals surface area (Å²) >= 11 is 0. The summed E-state index contributed by atoms with van der Waals surface area (Å²) in [5.74, 6) is 0.243. The highest BCUT2D eigenvalue weighted by molar-refractivity contribution is 7.91. The number of hydrogen-bond acceptors (Lipinski definition) is 4. The molecule has 1 aromatic carbocycles. The van der Waals surface area contributed by atoms with Crippen LogP contribution in [0.25, 0.3) is 0 Å². The second-order valence-electron chi connectivity index (χ2n) is 3.81. The van der Waals surface area contributed by atoms with Crippen LogP contribution >= 0.6 is 0 Å². The number of fused-ring (bicyclic) bond motifs is 1. The number of hydrogen-bond donors (Lipinski definition) is 1. The largest absolute Gasteiger partial charge is 0.479 e. The molecular formula is C11H13NO4S. The van der Waals surface area contributed by atoms with Crippen molar-refractivity contribution in [2.45, 2.75) is 24.8 Å². The number of ether oxygens (including phenoxy) is 1. The molecule has 1 aliphatic heterocycles. The highest BCUT2D eigenvalue weighted by atomic mass is 32.2. The first-order valence-electron chi connectivity index (χ1n) is 5.28. The van der Waals surface area contributed by atoms with E-state index in [1.165, 1.54) is 12.1 Å². The summed E-state index contributed by atoms with van der Waals surface area (Å²) in [4.78, 5) is 11.6. The minimum atomic E-state index is -3.27. The molecule has 1 heterocycles. The molecule has 92 valence electrons. The highest BCUT2D eigenvalue weighted by Crippen LogP contribution is 2.31. The molecule has 0 fully saturated rings. The van der Waals surface area contributed by atoms with Crippen molar-refractivity contribution in [2.75, 3.05) is 11.1 Å². The van der Waals surface area contributed by atoms with E-state index >= 15 is 0 Å². The Morgan fingerprint density at radius 1 is 1.41 bits per heavy atom. The van der Waals surface area contributed by atoms with E-state index in [1.807, 2.05) is 0 Å². The zero-order valence-electron chi connectivity index (χ0n) is 9.56. The zero-order chi connectivity index (χ0) is 12.6. The van der Waals surface area contributed by atoms with Crippen molar-refractivity contribution >= 4 is 21.4 Å². The van der Waals surface area contributed by atoms with Gasteiger partial charge in [-0.3, -0.25) is 4.79 Å². The predicted molar refractivity (Wildman–Crippen MR) is 62.9 cm³/mol. The smallest absolute Gasteiger partial charge is 0.265 e. The Labute approximate surface area is 99.7 Å². The summed E-state index contributed by atoms with van der Waals surface area (Å²) in [6, 6.07) is 4.48. The van der Waals surface area contributed by atoms with Gasteiger partial charge in [0.05, 0.1) is 16.3 Å². The van der Waals surface area contributed by atoms with Crippen molar-refractivity contribution in [1.82, 2.24) is 0 Å². The van der Waals surface area contributed by atoms with Gasteiger partial charge >= 0.3 is 0 Å². The van der Waals surface area contributed by atoms with Crippen molar-refractivity contribution in [3.8, 4) is 5.75 Å². The van der Waals surface area contributed by atoms with Gasteiger partial charge in [-0.25, -0.2) is 8.42 Å². The van der Waals surface area contributed by atoms with Crippen LogP contribution < -0.4 is 10.1 Å². The van der Waals surface area contributed by atoms with Crippen molar-refractivity contribution in [1.29, 1.82) is 0 Å². The van der Waals surface area contributed by atoms with Gasteiger partial charge in [-0.2, -0.15) is 0 Å². The Bertz CT molecular complexity index is 565. The number of rotatable bonds is 2. The molecule has 6 heteroatoms. The maximum Gasteiger partial charge on any atom is 0.265 e. The van der Waals surface area contributed by atoms with Gasteiger partial charge in [0, 0.05) is 0 Å². The lowest BCUT2D eigenvalue weighted by molar-refractivity contribution is -0.122. The minimum absolute atomic E-state index is 0.0248. The van der Waals surface area contributed by atoms with Gasteiger partial charge in [0.1, 0.15) is 5.75 Å². The highest BCUT2D eigenvalue weighted by Gasteiger charge is 2.25. The van der Waals surface area contributed by atoms with Gasteiger partial charge in [0.2, 0.25) is 0 Å². The predicted octanol–water partition coefficient (Wildman–Crippen LogP) is 1.20. The van der Waals surface area contributed by atoms with Gasteiger partial charge in [-0.1, -0.05) is 6.92 Å². The molecule has 0 saturated carbocycles. The number of amides is 1. The van der Waals surface area contributed by atoms with E-state index in [0.29, 0.717) is 11.4 Å². The van der Waals surface area contributed by atoms with Crippen molar-refractivity contribution in [3.63, 3.8) is 0 Å². The Hall–Kier alpha value is -1.56. The topological polar surface area (TPSA) is 72.5 Å². The summed E-state index contributed by atoms with van der Waals surface area (Å²) in [5.41, 5.74) is 0.405. The number of carbonyl (C=O) groups is 1. The summed E-state index contributed by atoms with van der Waals surface area (Å²) in [6.07, 6.45) is -0.559. The van der Waals surface area contributed by atoms with Crippen LogP contribution in [-0.2, 0) is 14.6 Å². The number of benzene rings is 1. The van der Waals surface area contributed by atoms with Crippen LogP contribution in [0.4, 0.5) is 5.69 Å². The first-order valence-corrected chi connectivity index (χ1v) is 6.93. The molecule has 1 aliphatic rings. The molecule has 0 radical (unpaired) electrons. The molecule has 5 nitrogen and oxygen atoms in total. The standard InChI is InChI=1S/C11H13NO4S/c1-3-17(14,15)8-4-5-10-9(6-8)12-11(13)7(2)16-10/h4-7H,3H2,1-2H3,(H,12,13). The van der Waals surface area contributed by atoms with Crippen LogP contribution in [-0.4, -0.2) is 26.2 Å². The van der Waals surface area contributed by atoms with Gasteiger partial charge in [-0.15, -0.1) is 0 Å². The fraction of sp³-hybridized carbons (Fsp3) is 0.364. The normalized spacial score (nSPS) is 19.2. The fourth-order valence-corrected chi connectivity index (χ4v) is 2.45. The van der Waals surface area contributed by atoms with Gasteiger partial charge in [0.15, 0.2) is 15.9 Å². The fourth-order valence-electron chi connectivity index (χ4n) is 1.55. The van der Waals surface area contributed by atoms with Gasteiger partial charge in [-0.05, 0) is 25.1 Å². The van der Waals surface area contributed by atoms with E-state index in [4.69, 9.17) is 4.74 Å². The van der Waals surface area contributed by atoms with E-state index in [1.54, 1.807) is 19.9 Å². The first kappa shape index (κ1) is 11.9. The number of anilines is 1. The van der Waals surface area contributed by atoms with E-state index in [0.717, 1.165) is 0 Å². The Morgan fingerprint density at radius 2 is 2.12 bits per heavy atom. The van der Waals surface area contributed by atoms with Gasteiger partial charge < -0.3 is 10.1 Å². The summed E-state index contributed by atoms with van der Waals surface area (Å²) in [7, 11) is -3.27. The maximum absolute atomic E-state index is 11.7. The van der Waals surface area contributed by atoms with Gasteiger partial charge in [0.25, 0.3) is 5.91 Å². The number of sulfone groups is 1. The van der Waals surface area contributed by atoms with E-state index in [2.05, 4.69) is 5.32 Å². The molecule has 0 aromatic heterocycles. The van der Waals surface area contributed by atoms with Crippen molar-refractivity contribution in [3.05, 3.63) is 18.2 Å². The summed E-state index contributed by atoms with van der Waals surface area (Å²) in [6.45, 7) is 3.21. The third-order valence-corrected chi connectivity index (χ3v) is 4.35.